The van der Waals surface area contributed by atoms with E-state index in [9.17, 15) is 0 Å². The van der Waals surface area contributed by atoms with E-state index in [2.05, 4.69) is 37.9 Å². The third kappa shape index (κ3) is 2.50. The van der Waals surface area contributed by atoms with E-state index in [1.54, 1.807) is 11.8 Å². The summed E-state index contributed by atoms with van der Waals surface area (Å²) in [6.45, 7) is 2.11. The summed E-state index contributed by atoms with van der Waals surface area (Å²) in [5.41, 5.74) is 4.38. The van der Waals surface area contributed by atoms with Crippen molar-refractivity contribution in [2.45, 2.75) is 24.3 Å². The molecule has 0 fully saturated rings. The van der Waals surface area contributed by atoms with Crippen LogP contribution in [0.25, 0.3) is 11.0 Å². The summed E-state index contributed by atoms with van der Waals surface area (Å²) < 4.78 is 3.06. The summed E-state index contributed by atoms with van der Waals surface area (Å²) in [5.74, 6) is 0.837. The fourth-order valence-electron chi connectivity index (χ4n) is 2.11. The van der Waals surface area contributed by atoms with Crippen molar-refractivity contribution >= 4 is 38.7 Å². The second-order valence-electron chi connectivity index (χ2n) is 4.53. The van der Waals surface area contributed by atoms with E-state index in [1.807, 2.05) is 36.0 Å². The molecule has 0 saturated heterocycles. The Bertz CT molecular complexity index is 714. The first-order chi connectivity index (χ1) is 9.69. The number of thioether (sulfide) groups is 1. The molecule has 3 aromatic rings. The molecule has 20 heavy (non-hydrogen) atoms. The van der Waals surface area contributed by atoms with Gasteiger partial charge < -0.3 is 4.98 Å². The molecule has 2 aromatic heterocycles. The summed E-state index contributed by atoms with van der Waals surface area (Å²) in [6, 6.07) is 8.08. The van der Waals surface area contributed by atoms with Crippen LogP contribution in [0.15, 0.2) is 33.9 Å². The van der Waals surface area contributed by atoms with Gasteiger partial charge in [0.1, 0.15) is 0 Å². The highest BCUT2D eigenvalue weighted by molar-refractivity contribution is 9.10. The van der Waals surface area contributed by atoms with Crippen LogP contribution in [0, 0.1) is 0 Å². The van der Waals surface area contributed by atoms with Gasteiger partial charge in [-0.3, -0.25) is 4.68 Å². The van der Waals surface area contributed by atoms with E-state index < -0.39 is 0 Å². The number of halogens is 1. The van der Waals surface area contributed by atoms with Crippen LogP contribution in [0.4, 0.5) is 0 Å². The molecule has 0 aliphatic rings. The summed E-state index contributed by atoms with van der Waals surface area (Å²) in [6.07, 6.45) is 0.934. The highest BCUT2D eigenvalue weighted by Crippen LogP contribution is 2.28. The number of para-hydroxylation sites is 2. The third-order valence-electron chi connectivity index (χ3n) is 3.22. The minimum absolute atomic E-state index is 0.837. The predicted octanol–water partition coefficient (Wildman–Crippen LogP) is 3.91. The highest BCUT2D eigenvalue weighted by Gasteiger charge is 2.13. The van der Waals surface area contributed by atoms with Crippen LogP contribution in [0.5, 0.6) is 0 Å². The molecule has 4 nitrogen and oxygen atoms in total. The number of fused-ring (bicyclic) bond motifs is 1. The van der Waals surface area contributed by atoms with Gasteiger partial charge in [0.15, 0.2) is 5.16 Å². The molecular formula is C14H15BrN4S. The van der Waals surface area contributed by atoms with E-state index in [4.69, 9.17) is 0 Å². The van der Waals surface area contributed by atoms with Crippen LogP contribution in [0.1, 0.15) is 18.3 Å². The Balaban J connectivity index is 1.81. The fraction of sp³-hybridized carbons (Fsp3) is 0.286. The average molecular weight is 351 g/mol. The van der Waals surface area contributed by atoms with Gasteiger partial charge in [-0.05, 0) is 34.5 Å². The first kappa shape index (κ1) is 13.7. The molecular weight excluding hydrogens is 336 g/mol. The SMILES string of the molecule is CCc1nn(C)c(CSc2nc3ccccc3[nH]2)c1Br. The van der Waals surface area contributed by atoms with E-state index in [0.717, 1.165) is 38.5 Å². The van der Waals surface area contributed by atoms with Crippen LogP contribution in [0.2, 0.25) is 0 Å². The number of nitrogens with one attached hydrogen (secondary N) is 1. The molecule has 1 aromatic carbocycles. The fourth-order valence-corrected chi connectivity index (χ4v) is 4.00. The first-order valence-electron chi connectivity index (χ1n) is 6.46. The maximum Gasteiger partial charge on any atom is 0.166 e. The van der Waals surface area contributed by atoms with Gasteiger partial charge in [0.05, 0.1) is 26.9 Å². The van der Waals surface area contributed by atoms with Crippen molar-refractivity contribution in [3.05, 3.63) is 40.1 Å². The number of imidazole rings is 1. The number of H-pyrrole nitrogens is 1. The van der Waals surface area contributed by atoms with E-state index in [1.165, 1.54) is 5.69 Å². The van der Waals surface area contributed by atoms with Crippen molar-refractivity contribution in [1.29, 1.82) is 0 Å². The number of nitrogens with zero attached hydrogens (tertiary/aromatic N) is 3. The molecule has 0 amide bonds. The zero-order valence-electron chi connectivity index (χ0n) is 11.4. The van der Waals surface area contributed by atoms with Crippen LogP contribution in [-0.4, -0.2) is 19.7 Å². The lowest BCUT2D eigenvalue weighted by Gasteiger charge is -2.00. The molecule has 0 aliphatic heterocycles. The molecule has 0 spiro atoms. The zero-order chi connectivity index (χ0) is 14.1. The van der Waals surface area contributed by atoms with E-state index in [-0.39, 0.29) is 0 Å². The normalized spacial score (nSPS) is 11.3. The quantitative estimate of drug-likeness (QED) is 0.725. The van der Waals surface area contributed by atoms with Crippen LogP contribution < -0.4 is 0 Å². The molecule has 104 valence electrons. The maximum atomic E-state index is 4.58. The minimum atomic E-state index is 0.837. The molecule has 0 radical (unpaired) electrons. The largest absolute Gasteiger partial charge is 0.333 e. The summed E-state index contributed by atoms with van der Waals surface area (Å²) in [4.78, 5) is 7.91. The van der Waals surface area contributed by atoms with Gasteiger partial charge in [-0.1, -0.05) is 30.8 Å². The number of benzene rings is 1. The lowest BCUT2D eigenvalue weighted by atomic mass is 10.3. The van der Waals surface area contributed by atoms with E-state index in [0.29, 0.717) is 0 Å². The smallest absolute Gasteiger partial charge is 0.166 e. The molecule has 0 saturated carbocycles. The lowest BCUT2D eigenvalue weighted by molar-refractivity contribution is 0.719. The molecule has 6 heteroatoms. The second kappa shape index (κ2) is 5.61. The standard InChI is InChI=1S/C14H15BrN4S/c1-3-9-13(15)12(19(2)18-9)8-20-14-16-10-6-4-5-7-11(10)17-14/h4-7H,3,8H2,1-2H3,(H,16,17). The van der Waals surface area contributed by atoms with Crippen molar-refractivity contribution in [2.24, 2.45) is 7.05 Å². The van der Waals surface area contributed by atoms with Crippen molar-refractivity contribution in [1.82, 2.24) is 19.7 Å². The van der Waals surface area contributed by atoms with Crippen LogP contribution in [-0.2, 0) is 19.2 Å². The van der Waals surface area contributed by atoms with Crippen molar-refractivity contribution in [3.63, 3.8) is 0 Å². The highest BCUT2D eigenvalue weighted by atomic mass is 79.9. The molecule has 0 atom stereocenters. The van der Waals surface area contributed by atoms with Gasteiger partial charge >= 0.3 is 0 Å². The topological polar surface area (TPSA) is 46.5 Å². The van der Waals surface area contributed by atoms with Crippen molar-refractivity contribution in [3.8, 4) is 0 Å². The van der Waals surface area contributed by atoms with Gasteiger partial charge in [-0.2, -0.15) is 5.10 Å². The number of hydrogen-bond donors (Lipinski definition) is 1. The summed E-state index contributed by atoms with van der Waals surface area (Å²) in [5, 5.41) is 5.45. The molecule has 2 heterocycles. The second-order valence-corrected chi connectivity index (χ2v) is 6.29. The number of rotatable bonds is 4. The first-order valence-corrected chi connectivity index (χ1v) is 8.24. The minimum Gasteiger partial charge on any atom is -0.333 e. The van der Waals surface area contributed by atoms with Gasteiger partial charge in [0, 0.05) is 12.8 Å². The lowest BCUT2D eigenvalue weighted by Crippen LogP contribution is -1.97. The molecule has 0 unspecified atom stereocenters. The predicted molar refractivity (Wildman–Crippen MR) is 85.9 cm³/mol. The van der Waals surface area contributed by atoms with Gasteiger partial charge in [0.25, 0.3) is 0 Å². The molecule has 1 N–H and O–H groups in total. The zero-order valence-corrected chi connectivity index (χ0v) is 13.8. The summed E-state index contributed by atoms with van der Waals surface area (Å²) in [7, 11) is 1.98. The number of aromatic nitrogens is 4. The maximum absolute atomic E-state index is 4.58. The van der Waals surface area contributed by atoms with Crippen molar-refractivity contribution in [2.75, 3.05) is 0 Å². The molecule has 0 aliphatic carbocycles. The number of hydrogen-bond acceptors (Lipinski definition) is 3. The molecule has 0 bridgehead atoms. The van der Waals surface area contributed by atoms with Crippen molar-refractivity contribution < 1.29 is 0 Å². The Morgan fingerprint density at radius 1 is 1.35 bits per heavy atom. The third-order valence-corrected chi connectivity index (χ3v) is 5.02. The Morgan fingerprint density at radius 2 is 2.15 bits per heavy atom. The summed E-state index contributed by atoms with van der Waals surface area (Å²) >= 11 is 5.34. The van der Waals surface area contributed by atoms with Gasteiger partial charge in [0.2, 0.25) is 0 Å². The number of aryl methyl sites for hydroxylation is 2. The molecule has 3 rings (SSSR count). The average Bonchev–Trinajstić information content (AvgIpc) is 2.98. The Morgan fingerprint density at radius 3 is 2.85 bits per heavy atom. The van der Waals surface area contributed by atoms with E-state index >= 15 is 0 Å². The number of aromatic amines is 1. The van der Waals surface area contributed by atoms with Crippen LogP contribution in [0.3, 0.4) is 0 Å². The van der Waals surface area contributed by atoms with Gasteiger partial charge in [-0.25, -0.2) is 4.98 Å². The van der Waals surface area contributed by atoms with Gasteiger partial charge in [-0.15, -0.1) is 0 Å². The monoisotopic (exact) mass is 350 g/mol. The Kier molecular flexibility index (Phi) is 3.85. The Hall–Kier alpha value is -1.27. The van der Waals surface area contributed by atoms with Crippen LogP contribution >= 0.6 is 27.7 Å². The Labute approximate surface area is 130 Å².